The summed E-state index contributed by atoms with van der Waals surface area (Å²) in [5, 5.41) is 5.94. The van der Waals surface area contributed by atoms with Crippen LogP contribution in [0.25, 0.3) is 0 Å². The van der Waals surface area contributed by atoms with Crippen LogP contribution in [0.1, 0.15) is 46.3 Å². The van der Waals surface area contributed by atoms with Gasteiger partial charge in [-0.05, 0) is 35.2 Å². The van der Waals surface area contributed by atoms with Gasteiger partial charge in [-0.25, -0.2) is 17.7 Å². The fourth-order valence-electron chi connectivity index (χ4n) is 3.23. The molecule has 0 spiro atoms. The van der Waals surface area contributed by atoms with Crippen LogP contribution in [-0.2, 0) is 23.1 Å². The van der Waals surface area contributed by atoms with Crippen molar-refractivity contribution in [3.05, 3.63) is 75.7 Å². The van der Waals surface area contributed by atoms with Gasteiger partial charge >= 0.3 is 0 Å². The van der Waals surface area contributed by atoms with Gasteiger partial charge in [-0.1, -0.05) is 38.1 Å². The summed E-state index contributed by atoms with van der Waals surface area (Å²) in [5.74, 6) is 0.181. The molecule has 0 atom stereocenters. The predicted molar refractivity (Wildman–Crippen MR) is 133 cm³/mol. The molecule has 33 heavy (non-hydrogen) atoms. The van der Waals surface area contributed by atoms with Crippen LogP contribution in [0.3, 0.4) is 0 Å². The molecule has 0 unspecified atom stereocenters. The first-order valence-corrected chi connectivity index (χ1v) is 12.9. The van der Waals surface area contributed by atoms with Crippen molar-refractivity contribution in [2.45, 2.75) is 37.8 Å². The van der Waals surface area contributed by atoms with Gasteiger partial charge in [0.05, 0.1) is 11.4 Å². The van der Waals surface area contributed by atoms with Crippen molar-refractivity contribution in [1.29, 1.82) is 0 Å². The summed E-state index contributed by atoms with van der Waals surface area (Å²) in [4.78, 5) is 18.9. The maximum atomic E-state index is 13.1. The van der Waals surface area contributed by atoms with Crippen LogP contribution in [0.4, 0.5) is 5.69 Å². The third-order valence-electron chi connectivity index (χ3n) is 5.28. The molecule has 0 aliphatic carbocycles. The van der Waals surface area contributed by atoms with Crippen LogP contribution in [0.15, 0.2) is 58.9 Å². The fraction of sp³-hybridized carbons (Fsp3) is 0.333. The Morgan fingerprint density at radius 3 is 2.36 bits per heavy atom. The lowest BCUT2D eigenvalue weighted by molar-refractivity contribution is 0.0785. The number of nitrogens with zero attached hydrogens (tertiary/aromatic N) is 3. The molecule has 1 N–H and O–H groups in total. The number of aromatic nitrogens is 1. The topological polar surface area (TPSA) is 82.6 Å². The summed E-state index contributed by atoms with van der Waals surface area (Å²) < 4.78 is 26.8. The van der Waals surface area contributed by atoms with Crippen molar-refractivity contribution in [3.8, 4) is 0 Å². The van der Waals surface area contributed by atoms with E-state index in [2.05, 4.69) is 48.4 Å². The highest BCUT2D eigenvalue weighted by Crippen LogP contribution is 2.24. The SMILES string of the molecule is CC(C)c1ccc(CNc2cc(C(=O)N(C)Cc3nccs3)cc(S(=O)(=O)N(C)C)c2)cc1. The number of hydrogen-bond acceptors (Lipinski definition) is 6. The molecule has 1 aromatic heterocycles. The monoisotopic (exact) mass is 486 g/mol. The zero-order chi connectivity index (χ0) is 24.2. The number of thiazole rings is 1. The number of sulfonamides is 1. The van der Waals surface area contributed by atoms with Gasteiger partial charge in [0.25, 0.3) is 5.91 Å². The Bertz CT molecular complexity index is 1190. The minimum atomic E-state index is -3.72. The van der Waals surface area contributed by atoms with Crippen LogP contribution in [0.5, 0.6) is 0 Å². The van der Waals surface area contributed by atoms with E-state index in [9.17, 15) is 13.2 Å². The summed E-state index contributed by atoms with van der Waals surface area (Å²) in [6.45, 7) is 5.15. The van der Waals surface area contributed by atoms with E-state index < -0.39 is 10.0 Å². The van der Waals surface area contributed by atoms with Crippen LogP contribution < -0.4 is 5.32 Å². The third kappa shape index (κ3) is 6.19. The summed E-state index contributed by atoms with van der Waals surface area (Å²) in [7, 11) is 0.912. The molecule has 2 aromatic carbocycles. The van der Waals surface area contributed by atoms with Crippen molar-refractivity contribution in [3.63, 3.8) is 0 Å². The Morgan fingerprint density at radius 2 is 1.79 bits per heavy atom. The van der Waals surface area contributed by atoms with Gasteiger partial charge < -0.3 is 10.2 Å². The second kappa shape index (κ2) is 10.5. The molecule has 0 saturated heterocycles. The van der Waals surface area contributed by atoms with E-state index in [1.165, 1.54) is 42.0 Å². The van der Waals surface area contributed by atoms with Crippen LogP contribution in [-0.4, -0.2) is 49.7 Å². The van der Waals surface area contributed by atoms with Gasteiger partial charge in [0.2, 0.25) is 10.0 Å². The van der Waals surface area contributed by atoms with Gasteiger partial charge in [-0.15, -0.1) is 11.3 Å². The summed E-state index contributed by atoms with van der Waals surface area (Å²) in [6, 6.07) is 13.0. The molecule has 1 amide bonds. The Hall–Kier alpha value is -2.75. The molecule has 3 aromatic rings. The Balaban J connectivity index is 1.88. The third-order valence-corrected chi connectivity index (χ3v) is 7.83. The van der Waals surface area contributed by atoms with Gasteiger partial charge in [0.1, 0.15) is 5.01 Å². The number of rotatable bonds is 9. The van der Waals surface area contributed by atoms with Crippen molar-refractivity contribution < 1.29 is 13.2 Å². The Kier molecular flexibility index (Phi) is 7.88. The molecule has 0 aliphatic heterocycles. The molecule has 7 nitrogen and oxygen atoms in total. The number of carbonyl (C=O) groups is 1. The normalized spacial score (nSPS) is 11.7. The summed E-state index contributed by atoms with van der Waals surface area (Å²) >= 11 is 1.47. The largest absolute Gasteiger partial charge is 0.381 e. The molecular weight excluding hydrogens is 456 g/mol. The highest BCUT2D eigenvalue weighted by Gasteiger charge is 2.22. The number of carbonyl (C=O) groups excluding carboxylic acids is 1. The van der Waals surface area contributed by atoms with E-state index in [0.29, 0.717) is 30.3 Å². The molecular formula is C24H30N4O3S2. The van der Waals surface area contributed by atoms with E-state index >= 15 is 0 Å². The lowest BCUT2D eigenvalue weighted by Gasteiger charge is -2.19. The average Bonchev–Trinajstić information content (AvgIpc) is 3.30. The maximum absolute atomic E-state index is 13.1. The first kappa shape index (κ1) is 24.9. The van der Waals surface area contributed by atoms with Crippen LogP contribution in [0, 0.1) is 0 Å². The fourth-order valence-corrected chi connectivity index (χ4v) is 4.88. The quantitative estimate of drug-likeness (QED) is 0.485. The zero-order valence-corrected chi connectivity index (χ0v) is 21.2. The zero-order valence-electron chi connectivity index (χ0n) is 19.6. The first-order chi connectivity index (χ1) is 15.6. The Labute approximate surface area is 200 Å². The minimum absolute atomic E-state index is 0.0682. The second-order valence-corrected chi connectivity index (χ2v) is 11.5. The number of benzene rings is 2. The van der Waals surface area contributed by atoms with E-state index in [-0.39, 0.29) is 10.8 Å². The van der Waals surface area contributed by atoms with Crippen molar-refractivity contribution in [2.75, 3.05) is 26.5 Å². The maximum Gasteiger partial charge on any atom is 0.254 e. The molecule has 176 valence electrons. The molecule has 0 saturated carbocycles. The molecule has 1 heterocycles. The molecule has 3 rings (SSSR count). The van der Waals surface area contributed by atoms with E-state index in [1.807, 2.05) is 5.38 Å². The van der Waals surface area contributed by atoms with Gasteiger partial charge in [-0.2, -0.15) is 0 Å². The lowest BCUT2D eigenvalue weighted by atomic mass is 10.0. The molecule has 0 aliphatic rings. The standard InChI is InChI=1S/C24H30N4O3S2/c1-17(2)19-8-6-18(7-9-19)15-26-21-12-20(13-22(14-21)33(30,31)27(3)4)24(29)28(5)16-23-25-10-11-32-23/h6-14,17,26H,15-16H2,1-5H3. The molecule has 0 bridgehead atoms. The summed E-state index contributed by atoms with van der Waals surface area (Å²) in [6.07, 6.45) is 1.69. The van der Waals surface area contributed by atoms with Crippen LogP contribution in [0.2, 0.25) is 0 Å². The molecule has 9 heteroatoms. The number of hydrogen-bond donors (Lipinski definition) is 1. The van der Waals surface area contributed by atoms with Crippen molar-refractivity contribution in [1.82, 2.24) is 14.2 Å². The lowest BCUT2D eigenvalue weighted by Crippen LogP contribution is -2.27. The van der Waals surface area contributed by atoms with Crippen LogP contribution >= 0.6 is 11.3 Å². The number of amides is 1. The van der Waals surface area contributed by atoms with E-state index in [1.54, 1.807) is 25.4 Å². The smallest absolute Gasteiger partial charge is 0.254 e. The van der Waals surface area contributed by atoms with Gasteiger partial charge in [0, 0.05) is 50.5 Å². The highest BCUT2D eigenvalue weighted by atomic mass is 32.2. The predicted octanol–water partition coefficient (Wildman–Crippen LogP) is 4.40. The van der Waals surface area contributed by atoms with E-state index in [4.69, 9.17) is 0 Å². The number of anilines is 1. The minimum Gasteiger partial charge on any atom is -0.381 e. The van der Waals surface area contributed by atoms with Crippen molar-refractivity contribution >= 4 is 33.0 Å². The Morgan fingerprint density at radius 1 is 1.09 bits per heavy atom. The molecule has 0 radical (unpaired) electrons. The summed E-state index contributed by atoms with van der Waals surface area (Å²) in [5.41, 5.74) is 3.19. The highest BCUT2D eigenvalue weighted by molar-refractivity contribution is 7.89. The number of nitrogens with one attached hydrogen (secondary N) is 1. The average molecular weight is 487 g/mol. The van der Waals surface area contributed by atoms with Gasteiger partial charge in [-0.3, -0.25) is 4.79 Å². The second-order valence-electron chi connectivity index (χ2n) is 8.37. The van der Waals surface area contributed by atoms with E-state index in [0.717, 1.165) is 14.9 Å². The molecule has 0 fully saturated rings. The van der Waals surface area contributed by atoms with Crippen molar-refractivity contribution in [2.24, 2.45) is 0 Å². The van der Waals surface area contributed by atoms with Gasteiger partial charge in [0.15, 0.2) is 0 Å². The first-order valence-electron chi connectivity index (χ1n) is 10.6.